The van der Waals surface area contributed by atoms with Crippen LogP contribution in [0.25, 0.3) is 0 Å². The van der Waals surface area contributed by atoms with Crippen molar-refractivity contribution in [2.45, 2.75) is 160 Å². The second-order valence-electron chi connectivity index (χ2n) is 29.8. The van der Waals surface area contributed by atoms with Crippen LogP contribution in [0.4, 0.5) is 86.9 Å². The Hall–Kier alpha value is -11.9. The Morgan fingerprint density at radius 2 is 0.702 bits per heavy atom. The molecule has 114 heavy (non-hydrogen) atoms. The Morgan fingerprint density at radius 3 is 1.04 bits per heavy atom. The van der Waals surface area contributed by atoms with Gasteiger partial charge in [0, 0.05) is 129 Å². The molecule has 0 bridgehead atoms. The van der Waals surface area contributed by atoms with Crippen LogP contribution < -0.4 is 80.6 Å². The van der Waals surface area contributed by atoms with E-state index in [1.165, 1.54) is 31.7 Å². The average Bonchev–Trinajstić information content (AvgIpc) is 0.853. The molecule has 36 heteroatoms. The van der Waals surface area contributed by atoms with Crippen LogP contribution in [-0.4, -0.2) is 144 Å². The zero-order chi connectivity index (χ0) is 81.5. The third kappa shape index (κ3) is 28.1. The highest BCUT2D eigenvalue weighted by Crippen LogP contribution is 2.33. The monoisotopic (exact) mass is 1570 g/mol. The van der Waals surface area contributed by atoms with E-state index in [1.54, 1.807) is 6.07 Å². The molecule has 12 rings (SSSR count). The van der Waals surface area contributed by atoms with Gasteiger partial charge in [-0.25, -0.2) is 19.9 Å². The molecule has 8 aromatic rings. The molecule has 4 aliphatic rings. The molecule has 4 saturated carbocycles. The Bertz CT molecular complexity index is 4400. The van der Waals surface area contributed by atoms with Gasteiger partial charge in [0.25, 0.3) is 0 Å². The molecule has 0 aliphatic heterocycles. The molecule has 610 valence electrons. The van der Waals surface area contributed by atoms with Crippen molar-refractivity contribution >= 4 is 92.8 Å². The van der Waals surface area contributed by atoms with Crippen molar-refractivity contribution < 1.29 is 24.5 Å². The third-order valence-corrected chi connectivity index (χ3v) is 20.4. The number of aromatic nitrogens is 8. The average molecular weight is 1570 g/mol. The number of nitrogens with zero attached hydrogens (tertiary/aromatic N) is 14. The molecule has 0 spiro atoms. The van der Waals surface area contributed by atoms with Crippen molar-refractivity contribution in [3.05, 3.63) is 191 Å². The lowest BCUT2D eigenvalue weighted by Gasteiger charge is -2.26. The van der Waals surface area contributed by atoms with Crippen molar-refractivity contribution in [2.75, 3.05) is 112 Å². The van der Waals surface area contributed by atoms with Gasteiger partial charge in [-0.15, -0.1) is 0 Å². The van der Waals surface area contributed by atoms with E-state index in [-0.39, 0.29) is 76.1 Å². The number of benzene rings is 4. The van der Waals surface area contributed by atoms with Gasteiger partial charge in [-0.05, 0) is 179 Å². The number of hydrogen-bond donors (Lipinski definition) is 13. The van der Waals surface area contributed by atoms with E-state index in [0.717, 1.165) is 136 Å². The van der Waals surface area contributed by atoms with Gasteiger partial charge in [-0.1, -0.05) is 72.8 Å². The number of amides is 1. The van der Waals surface area contributed by atoms with Gasteiger partial charge in [0.2, 0.25) is 53.0 Å². The van der Waals surface area contributed by atoms with Crippen molar-refractivity contribution in [1.82, 2.24) is 39.9 Å². The predicted octanol–water partition coefficient (Wildman–Crippen LogP) is 11.8. The summed E-state index contributed by atoms with van der Waals surface area (Å²) in [5, 5.41) is 73.2. The maximum atomic E-state index is 11.4. The zero-order valence-corrected chi connectivity index (χ0v) is 65.5. The normalized spacial score (nSPS) is 19.0. The smallest absolute Gasteiger partial charge is 0.329 e. The fourth-order valence-electron chi connectivity index (χ4n) is 13.7. The van der Waals surface area contributed by atoms with Crippen LogP contribution in [0.1, 0.15) is 132 Å². The third-order valence-electron chi connectivity index (χ3n) is 20.4. The number of hydrogen-bond acceptors (Lipinski definition) is 31. The molecular formula is C78H109N27O9. The summed E-state index contributed by atoms with van der Waals surface area (Å²) in [6.07, 6.45) is 21.1. The number of para-hydroxylation sites is 1. The zero-order valence-electron chi connectivity index (χ0n) is 65.5. The minimum absolute atomic E-state index is 0.109. The highest BCUT2D eigenvalue weighted by atomic mass is 16.6. The molecule has 36 nitrogen and oxygen atoms in total. The predicted molar refractivity (Wildman–Crippen MR) is 446 cm³/mol. The fraction of sp³-hybridized carbons (Fsp3) is 0.474. The molecule has 4 heterocycles. The summed E-state index contributed by atoms with van der Waals surface area (Å²) in [4.78, 5) is 92.4. The largest absolute Gasteiger partial charge is 0.378 e. The number of nitro groups is 4. The number of nitrogens with one attached hydrogen (secondary N) is 9. The van der Waals surface area contributed by atoms with E-state index in [4.69, 9.17) is 22.9 Å². The van der Waals surface area contributed by atoms with E-state index < -0.39 is 19.7 Å². The Labute approximate surface area is 663 Å². The van der Waals surface area contributed by atoms with Crippen LogP contribution in [0, 0.1) is 64.1 Å². The van der Waals surface area contributed by atoms with E-state index in [9.17, 15) is 45.3 Å². The summed E-state index contributed by atoms with van der Waals surface area (Å²) in [7, 11) is 7.95. The molecule has 4 fully saturated rings. The first-order valence-corrected chi connectivity index (χ1v) is 38.8. The second kappa shape index (κ2) is 43.8. The topological polar surface area (TPSA) is 512 Å². The second-order valence-corrected chi connectivity index (χ2v) is 29.8. The summed E-state index contributed by atoms with van der Waals surface area (Å²) in [5.41, 5.74) is 30.3. The first kappa shape index (κ1) is 86.1. The molecule has 4 aromatic carbocycles. The van der Waals surface area contributed by atoms with E-state index in [1.807, 2.05) is 129 Å². The van der Waals surface area contributed by atoms with Gasteiger partial charge < -0.3 is 80.6 Å². The maximum absolute atomic E-state index is 11.4. The van der Waals surface area contributed by atoms with Crippen molar-refractivity contribution in [3.8, 4) is 0 Å². The van der Waals surface area contributed by atoms with Gasteiger partial charge in [-0.3, -0.25) is 45.3 Å². The lowest BCUT2D eigenvalue weighted by Crippen LogP contribution is -2.29. The molecule has 0 atom stereocenters. The molecule has 4 aromatic heterocycles. The molecule has 1 amide bonds. The Morgan fingerprint density at radius 1 is 0.386 bits per heavy atom. The fourth-order valence-corrected chi connectivity index (χ4v) is 13.7. The highest BCUT2D eigenvalue weighted by molar-refractivity contribution is 5.88. The van der Waals surface area contributed by atoms with E-state index in [0.29, 0.717) is 106 Å². The minimum atomic E-state index is -0.486. The SMILES string of the molecule is CC(=O)Nc1cccc(CNc2ncc([N+](=O)[O-])c(NCC3CCC(N)CC3)n2)c1.CN(C)c1cccc(CNc2ncc([N+](=O)[O-])c(NCC3CCC(N)CC3)n2)c1.CN(C)c1ccccc1CNc1ncc([N+](=O)[O-])c(NCC2CCC(N)CC2)n1.NC1CCC(CNc2nc(NCc3ccccc3)ncc2[N+](=O)[O-])CC1. The highest BCUT2D eigenvalue weighted by Gasteiger charge is 2.27. The van der Waals surface area contributed by atoms with Gasteiger partial charge in [-0.2, -0.15) is 19.9 Å². The van der Waals surface area contributed by atoms with E-state index in [2.05, 4.69) is 93.8 Å². The molecule has 17 N–H and O–H groups in total. The standard InChI is InChI=1S/C20H27N7O3.2C20H29N7O2.C18H24N6O2/c1-13(28)25-17-4-2-3-15(9-17)11-23-20-24-12-18(27(29)30)19(26-20)22-10-14-5-7-16(21)8-6-14;1-26(2)17-5-3-4-15(10-17)12-23-20-24-13-18(27(28)29)19(25-20)22-11-14-6-8-16(21)9-7-14;1-26(2)17-6-4-3-5-15(17)12-23-20-24-13-18(27(28)29)19(25-20)22-11-14-7-9-16(21)10-8-14;19-15-8-6-14(7-9-15)10-20-17-16(24(25)26)12-22-18(23-17)21-11-13-4-2-1-3-5-13/h2-4,9,12,14,16H,5-8,10-11,21H2,1H3,(H,25,28)(H2,22,23,24,26);3-5,10,13-14,16H,6-9,11-12,21H2,1-2H3,(H2,22,23,24,25);3-6,13-14,16H,7-12,21H2,1-2H3,(H2,22,23,24,25);1-5,12,14-15H,6-11,19H2,(H2,20,21,22,23). The van der Waals surface area contributed by atoms with Crippen molar-refractivity contribution in [1.29, 1.82) is 0 Å². The summed E-state index contributed by atoms with van der Waals surface area (Å²) in [6, 6.07) is 34.5. The lowest BCUT2D eigenvalue weighted by atomic mass is 9.86. The first-order chi connectivity index (χ1) is 54.9. The number of carbonyl (C=O) groups is 1. The minimum Gasteiger partial charge on any atom is -0.378 e. The van der Waals surface area contributed by atoms with Crippen LogP contribution in [-0.2, 0) is 31.0 Å². The molecule has 4 aliphatic carbocycles. The van der Waals surface area contributed by atoms with Crippen LogP contribution in [0.2, 0.25) is 0 Å². The van der Waals surface area contributed by atoms with Crippen molar-refractivity contribution in [2.24, 2.45) is 46.6 Å². The number of nitrogens with two attached hydrogens (primary N) is 4. The quantitative estimate of drug-likeness (QED) is 0.0142. The summed E-state index contributed by atoms with van der Waals surface area (Å²) < 4.78 is 0. The molecule has 0 radical (unpaired) electrons. The van der Waals surface area contributed by atoms with Crippen molar-refractivity contribution in [3.63, 3.8) is 0 Å². The summed E-state index contributed by atoms with van der Waals surface area (Å²) in [5.74, 6) is 4.00. The lowest BCUT2D eigenvalue weighted by molar-refractivity contribution is -0.384. The van der Waals surface area contributed by atoms with Crippen LogP contribution in [0.15, 0.2) is 128 Å². The summed E-state index contributed by atoms with van der Waals surface area (Å²) in [6.45, 7) is 6.02. The van der Waals surface area contributed by atoms with Gasteiger partial charge in [0.05, 0.1) is 19.7 Å². The summed E-state index contributed by atoms with van der Waals surface area (Å²) >= 11 is 0. The number of carbonyl (C=O) groups excluding carboxylic acids is 1. The molecular weight excluding hydrogens is 1460 g/mol. The van der Waals surface area contributed by atoms with Gasteiger partial charge in [0.15, 0.2) is 0 Å². The first-order valence-electron chi connectivity index (χ1n) is 38.8. The Kier molecular flexibility index (Phi) is 33.1. The van der Waals surface area contributed by atoms with Gasteiger partial charge >= 0.3 is 22.7 Å². The molecule has 0 saturated heterocycles. The van der Waals surface area contributed by atoms with Crippen LogP contribution in [0.3, 0.4) is 0 Å². The Balaban J connectivity index is 0.000000174. The van der Waals surface area contributed by atoms with Crippen LogP contribution >= 0.6 is 0 Å². The maximum Gasteiger partial charge on any atom is 0.329 e. The van der Waals surface area contributed by atoms with E-state index >= 15 is 0 Å². The van der Waals surface area contributed by atoms with Crippen LogP contribution in [0.5, 0.6) is 0 Å². The number of rotatable bonds is 31. The molecule has 0 unspecified atom stereocenters. The van der Waals surface area contributed by atoms with Gasteiger partial charge in [0.1, 0.15) is 24.8 Å². The number of anilines is 11.